The van der Waals surface area contributed by atoms with E-state index in [0.717, 1.165) is 21.9 Å². The second kappa shape index (κ2) is 8.82. The fraction of sp³-hybridized carbons (Fsp3) is 0.148. The predicted molar refractivity (Wildman–Crippen MR) is 123 cm³/mol. The summed E-state index contributed by atoms with van der Waals surface area (Å²) in [5.74, 6) is -1.73. The van der Waals surface area contributed by atoms with Crippen LogP contribution in [-0.4, -0.2) is 16.9 Å². The number of rotatable bonds is 6. The molecule has 6 heteroatoms. The van der Waals surface area contributed by atoms with Crippen molar-refractivity contribution in [1.29, 1.82) is 0 Å². The van der Waals surface area contributed by atoms with Crippen molar-refractivity contribution in [2.75, 3.05) is 5.32 Å². The number of anilines is 1. The second-order valence-electron chi connectivity index (χ2n) is 8.18. The molecule has 0 bridgehead atoms. The van der Waals surface area contributed by atoms with Crippen LogP contribution < -0.4 is 5.32 Å². The Morgan fingerprint density at radius 1 is 1.00 bits per heavy atom. The monoisotopic (exact) mass is 440 g/mol. The highest BCUT2D eigenvalue weighted by molar-refractivity contribution is 5.97. The average Bonchev–Trinajstić information content (AvgIpc) is 3.65. The molecule has 1 amide bonds. The van der Waals surface area contributed by atoms with Gasteiger partial charge in [0.25, 0.3) is 0 Å². The number of nitrogens with one attached hydrogen (secondary N) is 1. The maximum atomic E-state index is 14.3. The van der Waals surface area contributed by atoms with Crippen LogP contribution in [0, 0.1) is 11.7 Å². The van der Waals surface area contributed by atoms with Crippen LogP contribution in [0.15, 0.2) is 85.2 Å². The summed E-state index contributed by atoms with van der Waals surface area (Å²) in [6.07, 6.45) is 4.13. The first-order chi connectivity index (χ1) is 16.1. The van der Waals surface area contributed by atoms with Gasteiger partial charge >= 0.3 is 5.97 Å². The minimum atomic E-state index is -0.717. The number of benzene rings is 3. The SMILES string of the molecule is O=C(OCc1ccccc1)c1cc([C@@H]2C[C@H]2C(=O)Nc2ccc3cnccc3c2)ccc1F. The topological polar surface area (TPSA) is 68.3 Å². The average molecular weight is 440 g/mol. The van der Waals surface area contributed by atoms with Crippen LogP contribution >= 0.6 is 0 Å². The molecule has 3 aromatic carbocycles. The second-order valence-corrected chi connectivity index (χ2v) is 8.18. The van der Waals surface area contributed by atoms with Crippen molar-refractivity contribution < 1.29 is 18.7 Å². The molecule has 1 fully saturated rings. The normalized spacial score (nSPS) is 16.9. The first-order valence-corrected chi connectivity index (χ1v) is 10.7. The van der Waals surface area contributed by atoms with Crippen LogP contribution in [0.25, 0.3) is 10.8 Å². The van der Waals surface area contributed by atoms with Gasteiger partial charge in [0.1, 0.15) is 12.4 Å². The number of carbonyl (C=O) groups excluding carboxylic acids is 2. The van der Waals surface area contributed by atoms with Crippen LogP contribution in [0.5, 0.6) is 0 Å². The molecule has 1 heterocycles. The molecule has 1 aromatic heterocycles. The lowest BCUT2D eigenvalue weighted by Gasteiger charge is -2.09. The molecule has 1 N–H and O–H groups in total. The van der Waals surface area contributed by atoms with Gasteiger partial charge in [0.05, 0.1) is 5.56 Å². The molecule has 0 unspecified atom stereocenters. The number of pyridine rings is 1. The lowest BCUT2D eigenvalue weighted by atomic mass is 10.0. The number of nitrogens with zero attached hydrogens (tertiary/aromatic N) is 1. The van der Waals surface area contributed by atoms with Crippen molar-refractivity contribution >= 4 is 28.3 Å². The Bertz CT molecular complexity index is 1340. The maximum absolute atomic E-state index is 14.3. The molecule has 1 aliphatic carbocycles. The van der Waals surface area contributed by atoms with Crippen molar-refractivity contribution in [3.8, 4) is 0 Å². The smallest absolute Gasteiger partial charge is 0.341 e. The summed E-state index contributed by atoms with van der Waals surface area (Å²) in [6, 6.07) is 21.2. The Balaban J connectivity index is 1.24. The third-order valence-corrected chi connectivity index (χ3v) is 5.89. The summed E-state index contributed by atoms with van der Waals surface area (Å²) in [4.78, 5) is 29.3. The van der Waals surface area contributed by atoms with Gasteiger partial charge in [0.2, 0.25) is 5.91 Å². The van der Waals surface area contributed by atoms with Gasteiger partial charge in [-0.25, -0.2) is 9.18 Å². The lowest BCUT2D eigenvalue weighted by Crippen LogP contribution is -2.14. The highest BCUT2D eigenvalue weighted by Crippen LogP contribution is 2.48. The van der Waals surface area contributed by atoms with Crippen LogP contribution in [-0.2, 0) is 16.1 Å². The number of halogens is 1. The molecule has 0 aliphatic heterocycles. The molecule has 5 nitrogen and oxygen atoms in total. The van der Waals surface area contributed by atoms with Gasteiger partial charge in [0.15, 0.2) is 0 Å². The zero-order valence-electron chi connectivity index (χ0n) is 17.7. The van der Waals surface area contributed by atoms with Gasteiger partial charge in [-0.2, -0.15) is 0 Å². The van der Waals surface area contributed by atoms with E-state index in [9.17, 15) is 14.0 Å². The molecular formula is C27H21FN2O3. The molecule has 5 rings (SSSR count). The summed E-state index contributed by atoms with van der Waals surface area (Å²) in [6.45, 7) is 0.0691. The van der Waals surface area contributed by atoms with Crippen molar-refractivity contribution in [1.82, 2.24) is 4.98 Å². The molecule has 164 valence electrons. The van der Waals surface area contributed by atoms with E-state index in [1.54, 1.807) is 18.5 Å². The number of hydrogen-bond donors (Lipinski definition) is 1. The molecule has 2 atom stereocenters. The highest BCUT2D eigenvalue weighted by Gasteiger charge is 2.44. The Kier molecular flexibility index (Phi) is 5.57. The Morgan fingerprint density at radius 3 is 2.70 bits per heavy atom. The summed E-state index contributed by atoms with van der Waals surface area (Å²) >= 11 is 0. The van der Waals surface area contributed by atoms with Gasteiger partial charge in [-0.15, -0.1) is 0 Å². The van der Waals surface area contributed by atoms with Gasteiger partial charge < -0.3 is 10.1 Å². The van der Waals surface area contributed by atoms with E-state index in [4.69, 9.17) is 4.74 Å². The number of hydrogen-bond acceptors (Lipinski definition) is 4. The number of carbonyl (C=O) groups is 2. The molecule has 1 aliphatic rings. The van der Waals surface area contributed by atoms with Gasteiger partial charge in [-0.1, -0.05) is 42.5 Å². The number of esters is 1. The fourth-order valence-corrected chi connectivity index (χ4v) is 3.98. The molecule has 0 saturated heterocycles. The van der Waals surface area contributed by atoms with Crippen LogP contribution in [0.4, 0.5) is 10.1 Å². The Labute approximate surface area is 190 Å². The van der Waals surface area contributed by atoms with Gasteiger partial charge in [0, 0.05) is 29.4 Å². The van der Waals surface area contributed by atoms with Crippen LogP contribution in [0.2, 0.25) is 0 Å². The third-order valence-electron chi connectivity index (χ3n) is 5.89. The van der Waals surface area contributed by atoms with E-state index >= 15 is 0 Å². The zero-order valence-corrected chi connectivity index (χ0v) is 17.7. The van der Waals surface area contributed by atoms with E-state index in [1.165, 1.54) is 12.1 Å². The summed E-state index contributed by atoms with van der Waals surface area (Å²) in [5.41, 5.74) is 2.19. The number of ether oxygens (including phenoxy) is 1. The molecular weight excluding hydrogens is 419 g/mol. The first-order valence-electron chi connectivity index (χ1n) is 10.7. The first kappa shape index (κ1) is 20.8. The van der Waals surface area contributed by atoms with Gasteiger partial charge in [-0.05, 0) is 59.2 Å². The van der Waals surface area contributed by atoms with E-state index in [0.29, 0.717) is 12.1 Å². The van der Waals surface area contributed by atoms with E-state index in [1.807, 2.05) is 54.6 Å². The summed E-state index contributed by atoms with van der Waals surface area (Å²) in [5, 5.41) is 4.95. The predicted octanol–water partition coefficient (Wildman–Crippen LogP) is 5.47. The number of amides is 1. The highest BCUT2D eigenvalue weighted by atomic mass is 19.1. The van der Waals surface area contributed by atoms with Crippen molar-refractivity contribution in [3.63, 3.8) is 0 Å². The zero-order chi connectivity index (χ0) is 22.8. The van der Waals surface area contributed by atoms with E-state index < -0.39 is 11.8 Å². The minimum absolute atomic E-state index is 0.0593. The van der Waals surface area contributed by atoms with Crippen molar-refractivity contribution in [2.24, 2.45) is 5.92 Å². The van der Waals surface area contributed by atoms with Gasteiger partial charge in [-0.3, -0.25) is 9.78 Å². The van der Waals surface area contributed by atoms with Crippen LogP contribution in [0.3, 0.4) is 0 Å². The van der Waals surface area contributed by atoms with Crippen LogP contribution in [0.1, 0.15) is 33.8 Å². The molecule has 4 aromatic rings. The number of fused-ring (bicyclic) bond motifs is 1. The van der Waals surface area contributed by atoms with E-state index in [2.05, 4.69) is 10.3 Å². The fourth-order valence-electron chi connectivity index (χ4n) is 3.98. The summed E-state index contributed by atoms with van der Waals surface area (Å²) in [7, 11) is 0. The largest absolute Gasteiger partial charge is 0.457 e. The quantitative estimate of drug-likeness (QED) is 0.404. The third kappa shape index (κ3) is 4.60. The molecule has 0 spiro atoms. The van der Waals surface area contributed by atoms with Crippen molar-refractivity contribution in [3.05, 3.63) is 108 Å². The standard InChI is InChI=1S/C27H21FN2O3/c28-25-9-7-19(13-24(25)27(32)33-16-17-4-2-1-3-5-17)22-14-23(22)26(31)30-21-8-6-20-15-29-11-10-18(20)12-21/h1-13,15,22-23H,14,16H2,(H,30,31)/t22-,23+/m0/s1. The van der Waals surface area contributed by atoms with E-state index in [-0.39, 0.29) is 29.9 Å². The maximum Gasteiger partial charge on any atom is 0.341 e. The Morgan fingerprint density at radius 2 is 1.85 bits per heavy atom. The molecule has 0 radical (unpaired) electrons. The molecule has 1 saturated carbocycles. The Hall–Kier alpha value is -4.06. The molecule has 33 heavy (non-hydrogen) atoms. The summed E-state index contributed by atoms with van der Waals surface area (Å²) < 4.78 is 19.6. The minimum Gasteiger partial charge on any atom is -0.457 e. The van der Waals surface area contributed by atoms with Crippen molar-refractivity contribution in [2.45, 2.75) is 18.9 Å². The number of aromatic nitrogens is 1. The lowest BCUT2D eigenvalue weighted by molar-refractivity contribution is -0.117.